The van der Waals surface area contributed by atoms with Gasteiger partial charge in [-0.2, -0.15) is 0 Å². The van der Waals surface area contributed by atoms with E-state index in [2.05, 4.69) is 27.7 Å². The molecule has 9 saturated heterocycles. The van der Waals surface area contributed by atoms with Crippen LogP contribution in [0.4, 0.5) is 0 Å². The third-order valence-electron chi connectivity index (χ3n) is 15.9. The third-order valence-corrected chi connectivity index (χ3v) is 15.9. The Labute approximate surface area is 285 Å². The van der Waals surface area contributed by atoms with Crippen molar-refractivity contribution in [3.63, 3.8) is 0 Å². The molecule has 3 aliphatic carbocycles. The zero-order valence-electron chi connectivity index (χ0n) is 29.9. The van der Waals surface area contributed by atoms with Crippen LogP contribution in [0.25, 0.3) is 0 Å². The lowest BCUT2D eigenvalue weighted by molar-refractivity contribution is -0.572. The standard InChI is InChI=1S/C38H58O10/c1-21-8-10-27-23(3)29(40-31-37(27)25(21)12-16-33(5,42-31)45-47-37)18-35(20-39-36(44-35)14-7-15-36)19-30-24(4)28-11-9-22(2)26-13-17-34(6)43-32(41-30)38(26,28)48-46-34/h21-32H,7-20H2,1-6H3/t21-,22-,23-,24-,25+,26+,27+,28+,29-,30-,31-,32-,33-,34-,37-,38-/m1/s1. The number of ether oxygens (including phenoxy) is 6. The first-order valence-electron chi connectivity index (χ1n) is 19.7. The van der Waals surface area contributed by atoms with Crippen LogP contribution in [-0.4, -0.2) is 65.6 Å². The Hall–Kier alpha value is -0.400. The van der Waals surface area contributed by atoms with Crippen molar-refractivity contribution in [3.05, 3.63) is 0 Å². The first kappa shape index (κ1) is 32.3. The SMILES string of the molecule is C[C@H]1[C@@H](CC2(C[C@H]3O[C@@H]4O[C@@]5(C)CC[C@H]6[C@H](C)CC[C@@H]([C@H]3C)[C@@]46OO5)COC3(CCC3)O2)O[C@@H]2O[C@@]3(C)CC[C@H]4[C@H](C)CC[C@@H]1[C@@]24OO3. The highest BCUT2D eigenvalue weighted by Gasteiger charge is 2.72. The minimum atomic E-state index is -0.791. The second-order valence-corrected chi connectivity index (χ2v) is 18.6. The highest BCUT2D eigenvalue weighted by Crippen LogP contribution is 2.64. The molecule has 9 aliphatic heterocycles. The van der Waals surface area contributed by atoms with Crippen molar-refractivity contribution in [3.8, 4) is 0 Å². The number of hydrogen-bond donors (Lipinski definition) is 0. The van der Waals surface area contributed by atoms with E-state index in [1.165, 1.54) is 12.8 Å². The largest absolute Gasteiger partial charge is 0.347 e. The van der Waals surface area contributed by atoms with Gasteiger partial charge >= 0.3 is 0 Å². The van der Waals surface area contributed by atoms with Gasteiger partial charge in [-0.15, -0.1) is 0 Å². The molecule has 48 heavy (non-hydrogen) atoms. The Morgan fingerprint density at radius 1 is 0.562 bits per heavy atom. The zero-order chi connectivity index (χ0) is 32.9. The van der Waals surface area contributed by atoms with E-state index in [0.29, 0.717) is 30.3 Å². The lowest BCUT2D eigenvalue weighted by Crippen LogP contribution is -2.71. The monoisotopic (exact) mass is 674 g/mol. The molecule has 0 aromatic heterocycles. The van der Waals surface area contributed by atoms with E-state index < -0.39 is 46.7 Å². The zero-order valence-corrected chi connectivity index (χ0v) is 29.9. The van der Waals surface area contributed by atoms with E-state index in [0.717, 1.165) is 70.6 Å². The minimum Gasteiger partial charge on any atom is -0.347 e. The molecule has 0 aromatic carbocycles. The first-order chi connectivity index (χ1) is 22.9. The Kier molecular flexibility index (Phi) is 7.13. The van der Waals surface area contributed by atoms with Gasteiger partial charge in [0.1, 0.15) is 0 Å². The molecular formula is C38H58O10. The molecule has 12 aliphatic rings. The fourth-order valence-electron chi connectivity index (χ4n) is 12.9. The Bertz CT molecular complexity index is 1210. The van der Waals surface area contributed by atoms with E-state index in [4.69, 9.17) is 48.0 Å². The molecule has 10 heteroatoms. The maximum absolute atomic E-state index is 7.22. The van der Waals surface area contributed by atoms with E-state index in [1.54, 1.807) is 0 Å². The number of fused-ring (bicyclic) bond motifs is 4. The van der Waals surface area contributed by atoms with Crippen molar-refractivity contribution < 1.29 is 48.0 Å². The summed E-state index contributed by atoms with van der Waals surface area (Å²) < 4.78 is 41.6. The molecule has 3 spiro atoms. The lowest BCUT2D eigenvalue weighted by atomic mass is 9.56. The van der Waals surface area contributed by atoms with Crippen LogP contribution >= 0.6 is 0 Å². The molecule has 0 radical (unpaired) electrons. The van der Waals surface area contributed by atoms with E-state index >= 15 is 0 Å². The molecule has 4 bridgehead atoms. The van der Waals surface area contributed by atoms with Gasteiger partial charge in [0.15, 0.2) is 29.6 Å². The predicted octanol–water partition coefficient (Wildman–Crippen LogP) is 6.93. The van der Waals surface area contributed by atoms with Crippen LogP contribution < -0.4 is 0 Å². The number of hydrogen-bond acceptors (Lipinski definition) is 10. The number of rotatable bonds is 4. The second kappa shape index (κ2) is 10.6. The van der Waals surface area contributed by atoms with Crippen molar-refractivity contribution >= 4 is 0 Å². The molecule has 0 unspecified atom stereocenters. The third kappa shape index (κ3) is 4.34. The molecule has 270 valence electrons. The smallest absolute Gasteiger partial charge is 0.201 e. The summed E-state index contributed by atoms with van der Waals surface area (Å²) in [5.74, 6) is 0.737. The van der Waals surface area contributed by atoms with Crippen LogP contribution in [0.2, 0.25) is 0 Å². The summed E-state index contributed by atoms with van der Waals surface area (Å²) >= 11 is 0. The van der Waals surface area contributed by atoms with Crippen LogP contribution in [0.1, 0.15) is 125 Å². The van der Waals surface area contributed by atoms with Gasteiger partial charge in [0.05, 0.1) is 24.4 Å². The molecule has 12 fully saturated rings. The normalized spacial score (nSPS) is 60.9. The van der Waals surface area contributed by atoms with E-state index in [-0.39, 0.29) is 35.9 Å². The van der Waals surface area contributed by atoms with Gasteiger partial charge in [0, 0.05) is 50.4 Å². The Morgan fingerprint density at radius 3 is 1.50 bits per heavy atom. The Morgan fingerprint density at radius 2 is 1.06 bits per heavy atom. The van der Waals surface area contributed by atoms with Crippen LogP contribution in [0.5, 0.6) is 0 Å². The van der Waals surface area contributed by atoms with Gasteiger partial charge in [-0.1, -0.05) is 27.7 Å². The van der Waals surface area contributed by atoms with Gasteiger partial charge < -0.3 is 28.4 Å². The average Bonchev–Trinajstić information content (AvgIpc) is 3.10. The van der Waals surface area contributed by atoms with Crippen molar-refractivity contribution in [1.82, 2.24) is 0 Å². The van der Waals surface area contributed by atoms with Gasteiger partial charge in [-0.05, 0) is 94.3 Å². The Balaban J connectivity index is 0.965. The maximum Gasteiger partial charge on any atom is 0.201 e. The van der Waals surface area contributed by atoms with Crippen molar-refractivity contribution in [1.29, 1.82) is 0 Å². The quantitative estimate of drug-likeness (QED) is 0.292. The fourth-order valence-corrected chi connectivity index (χ4v) is 12.9. The average molecular weight is 675 g/mol. The highest BCUT2D eigenvalue weighted by atomic mass is 17.3. The van der Waals surface area contributed by atoms with Gasteiger partial charge in [0.25, 0.3) is 0 Å². The minimum absolute atomic E-state index is 0.0732. The fraction of sp³-hybridized carbons (Fsp3) is 1.00. The summed E-state index contributed by atoms with van der Waals surface area (Å²) in [5, 5.41) is 0. The summed E-state index contributed by atoms with van der Waals surface area (Å²) in [7, 11) is 0. The summed E-state index contributed by atoms with van der Waals surface area (Å²) in [6.45, 7) is 14.0. The molecule has 0 N–H and O–H groups in total. The maximum atomic E-state index is 7.22. The highest BCUT2D eigenvalue weighted by molar-refractivity contribution is 5.13. The predicted molar refractivity (Wildman–Crippen MR) is 169 cm³/mol. The van der Waals surface area contributed by atoms with Crippen LogP contribution in [-0.2, 0) is 48.0 Å². The van der Waals surface area contributed by atoms with Crippen molar-refractivity contribution in [2.45, 2.75) is 184 Å². The van der Waals surface area contributed by atoms with Crippen LogP contribution in [0.3, 0.4) is 0 Å². The molecule has 0 amide bonds. The van der Waals surface area contributed by atoms with Crippen LogP contribution in [0, 0.1) is 47.3 Å². The summed E-state index contributed by atoms with van der Waals surface area (Å²) in [5.41, 5.74) is -1.69. The van der Waals surface area contributed by atoms with Crippen molar-refractivity contribution in [2.24, 2.45) is 47.3 Å². The first-order valence-corrected chi connectivity index (χ1v) is 19.7. The van der Waals surface area contributed by atoms with Gasteiger partial charge in [-0.3, -0.25) is 0 Å². The van der Waals surface area contributed by atoms with Gasteiger partial charge in [-0.25, -0.2) is 19.6 Å². The van der Waals surface area contributed by atoms with Crippen LogP contribution in [0.15, 0.2) is 0 Å². The van der Waals surface area contributed by atoms with E-state index in [9.17, 15) is 0 Å². The molecular weight excluding hydrogens is 616 g/mol. The van der Waals surface area contributed by atoms with E-state index in [1.807, 2.05) is 13.8 Å². The second-order valence-electron chi connectivity index (χ2n) is 18.6. The summed E-state index contributed by atoms with van der Waals surface area (Å²) in [4.78, 5) is 25.2. The summed E-state index contributed by atoms with van der Waals surface area (Å²) in [6, 6.07) is 0. The molecule has 12 rings (SSSR count). The van der Waals surface area contributed by atoms with Crippen molar-refractivity contribution in [2.75, 3.05) is 6.61 Å². The molecule has 9 heterocycles. The molecule has 0 aromatic rings. The molecule has 3 saturated carbocycles. The lowest BCUT2D eigenvalue weighted by Gasteiger charge is -2.61. The topological polar surface area (TPSA) is 92.3 Å². The summed E-state index contributed by atoms with van der Waals surface area (Å²) in [6.07, 6.45) is 11.6. The molecule has 10 nitrogen and oxygen atoms in total. The molecule has 16 atom stereocenters. The van der Waals surface area contributed by atoms with Gasteiger partial charge in [0.2, 0.25) is 11.6 Å².